The van der Waals surface area contributed by atoms with Gasteiger partial charge in [0.25, 0.3) is 5.56 Å². The summed E-state index contributed by atoms with van der Waals surface area (Å²) in [5.74, 6) is 0. The van der Waals surface area contributed by atoms with Gasteiger partial charge in [0.15, 0.2) is 10.8 Å². The van der Waals surface area contributed by atoms with Gasteiger partial charge in [-0.2, -0.15) is 9.98 Å². The van der Waals surface area contributed by atoms with Crippen molar-refractivity contribution >= 4 is 0 Å². The fourth-order valence-electron chi connectivity index (χ4n) is 1.88. The van der Waals surface area contributed by atoms with Gasteiger partial charge in [0, 0.05) is 7.11 Å². The van der Waals surface area contributed by atoms with Gasteiger partial charge >= 0.3 is 11.7 Å². The first-order valence-electron chi connectivity index (χ1n) is 6.25. The van der Waals surface area contributed by atoms with Gasteiger partial charge in [-0.05, 0) is 26.3 Å². The highest BCUT2D eigenvalue weighted by atomic mass is 16.7. The van der Waals surface area contributed by atoms with Gasteiger partial charge in [0.05, 0.1) is 6.10 Å². The maximum atomic E-state index is 11.6. The Morgan fingerprint density at radius 3 is 2.75 bits per heavy atom. The van der Waals surface area contributed by atoms with Crippen LogP contribution in [0, 0.1) is 0 Å². The molecule has 2 rings (SSSR count). The Hall–Kier alpha value is -1.84. The minimum absolute atomic E-state index is 0.0162. The Bertz CT molecular complexity index is 709. The maximum Gasteiger partial charge on any atom is 0.381 e. The summed E-state index contributed by atoms with van der Waals surface area (Å²) in [5, 5.41) is -0.0162. The van der Waals surface area contributed by atoms with Gasteiger partial charge in [-0.15, -0.1) is 0 Å². The largest absolute Gasteiger partial charge is 0.381 e. The second kappa shape index (κ2) is 5.65. The van der Waals surface area contributed by atoms with Crippen LogP contribution in [0.25, 0.3) is 0 Å². The van der Waals surface area contributed by atoms with Crippen molar-refractivity contribution in [2.75, 3.05) is 13.7 Å². The molecule has 20 heavy (non-hydrogen) atoms. The quantitative estimate of drug-likeness (QED) is 0.505. The molecule has 9 nitrogen and oxygen atoms in total. The van der Waals surface area contributed by atoms with Gasteiger partial charge in [0.2, 0.25) is 0 Å². The van der Waals surface area contributed by atoms with Crippen LogP contribution in [0.5, 0.6) is 0 Å². The van der Waals surface area contributed by atoms with Gasteiger partial charge in [-0.3, -0.25) is 14.8 Å². The van der Waals surface area contributed by atoms with E-state index in [1.807, 2.05) is 6.92 Å². The predicted octanol–water partition coefficient (Wildman–Crippen LogP) is -2.28. The fourth-order valence-corrected chi connectivity index (χ4v) is 1.88. The zero-order valence-electron chi connectivity index (χ0n) is 11.3. The van der Waals surface area contributed by atoms with Crippen molar-refractivity contribution in [3.05, 3.63) is 31.7 Å². The monoisotopic (exact) mass is 283 g/mol. The number of nitrogens with one attached hydrogen (secondary N) is 2. The van der Waals surface area contributed by atoms with Crippen molar-refractivity contribution in [1.29, 1.82) is 0 Å². The third-order valence-corrected chi connectivity index (χ3v) is 2.84. The zero-order valence-corrected chi connectivity index (χ0v) is 11.3. The summed E-state index contributed by atoms with van der Waals surface area (Å²) in [5.41, 5.74) is 4.19. The van der Waals surface area contributed by atoms with Crippen LogP contribution in [0.1, 0.15) is 19.8 Å². The summed E-state index contributed by atoms with van der Waals surface area (Å²) in [6.45, 7) is 2.38. The van der Waals surface area contributed by atoms with E-state index in [1.165, 1.54) is 7.11 Å². The Labute approximate surface area is 113 Å². The number of methoxy groups -OCH3 is 1. The lowest BCUT2D eigenvalue weighted by Gasteiger charge is -2.24. The highest BCUT2D eigenvalue weighted by Gasteiger charge is 2.36. The molecule has 0 saturated heterocycles. The second-order valence-corrected chi connectivity index (χ2v) is 4.44. The minimum Gasteiger partial charge on any atom is -0.330 e. The molecule has 9 heteroatoms. The highest BCUT2D eigenvalue weighted by Crippen LogP contribution is 2.20. The van der Waals surface area contributed by atoms with Crippen LogP contribution in [0.3, 0.4) is 0 Å². The lowest BCUT2D eigenvalue weighted by atomic mass is 10.2. The molecule has 0 radical (unpaired) electrons. The molecule has 2 unspecified atom stereocenters. The lowest BCUT2D eigenvalue weighted by molar-refractivity contribution is -0.234. The molecule has 1 aliphatic rings. The van der Waals surface area contributed by atoms with Crippen LogP contribution in [-0.2, 0) is 9.47 Å². The summed E-state index contributed by atoms with van der Waals surface area (Å²) in [4.78, 5) is 35.4. The standard InChI is InChI=1S/C11H17N5O4/c1-6(4-3-5-12)20-11(19-2)15-7-8(16-11)13-10(18)14-9(7)17/h6H,3-5,12H2,1-2H3,(H2,13,14,16,17,18). The van der Waals surface area contributed by atoms with Crippen molar-refractivity contribution in [1.82, 2.24) is 9.97 Å². The maximum absolute atomic E-state index is 11.6. The van der Waals surface area contributed by atoms with E-state index in [0.717, 1.165) is 6.42 Å². The van der Waals surface area contributed by atoms with Crippen LogP contribution >= 0.6 is 0 Å². The van der Waals surface area contributed by atoms with E-state index in [-0.39, 0.29) is 16.9 Å². The molecule has 2 atom stereocenters. The van der Waals surface area contributed by atoms with Crippen LogP contribution in [0.4, 0.5) is 0 Å². The number of hydrogen-bond acceptors (Lipinski definition) is 7. The summed E-state index contributed by atoms with van der Waals surface area (Å²) in [6.07, 6.45) is 1.27. The van der Waals surface area contributed by atoms with E-state index in [0.29, 0.717) is 13.0 Å². The number of fused-ring (bicyclic) bond motifs is 1. The molecule has 2 heterocycles. The molecule has 0 aromatic carbocycles. The second-order valence-electron chi connectivity index (χ2n) is 4.44. The first kappa shape index (κ1) is 14.6. The molecule has 0 amide bonds. The Morgan fingerprint density at radius 2 is 2.10 bits per heavy atom. The summed E-state index contributed by atoms with van der Waals surface area (Å²) >= 11 is 0. The van der Waals surface area contributed by atoms with Crippen molar-refractivity contribution in [2.24, 2.45) is 15.7 Å². The Kier molecular flexibility index (Phi) is 4.12. The summed E-state index contributed by atoms with van der Waals surface area (Å²) in [7, 11) is 1.36. The predicted molar refractivity (Wildman–Crippen MR) is 68.6 cm³/mol. The van der Waals surface area contributed by atoms with E-state index in [9.17, 15) is 9.59 Å². The average Bonchev–Trinajstić information content (AvgIpc) is 2.75. The van der Waals surface area contributed by atoms with Gasteiger partial charge < -0.3 is 15.2 Å². The normalized spacial score (nSPS) is 21.9. The summed E-state index contributed by atoms with van der Waals surface area (Å²) in [6, 6.07) is -1.63. The van der Waals surface area contributed by atoms with E-state index in [4.69, 9.17) is 15.2 Å². The Balaban J connectivity index is 2.35. The third kappa shape index (κ3) is 2.84. The smallest absolute Gasteiger partial charge is 0.330 e. The molecule has 4 N–H and O–H groups in total. The SMILES string of the molecule is COC1(OC(C)CCCN)N=c2[nH]c(=O)[nH]c(=O)c2=N1. The van der Waals surface area contributed by atoms with E-state index < -0.39 is 17.3 Å². The highest BCUT2D eigenvalue weighted by molar-refractivity contribution is 4.90. The van der Waals surface area contributed by atoms with Crippen molar-refractivity contribution in [3.8, 4) is 0 Å². The zero-order chi connectivity index (χ0) is 14.8. The van der Waals surface area contributed by atoms with Crippen LogP contribution in [0.15, 0.2) is 19.6 Å². The first-order chi connectivity index (χ1) is 9.49. The number of rotatable bonds is 6. The topological polar surface area (TPSA) is 135 Å². The molecule has 0 saturated carbocycles. The van der Waals surface area contributed by atoms with Crippen LogP contribution in [-0.4, -0.2) is 35.8 Å². The van der Waals surface area contributed by atoms with Gasteiger partial charge in [-0.1, -0.05) is 0 Å². The van der Waals surface area contributed by atoms with E-state index in [2.05, 4.69) is 20.0 Å². The number of H-pyrrole nitrogens is 2. The molecule has 0 fully saturated rings. The minimum atomic E-state index is -1.63. The number of nitrogens with zero attached hydrogens (tertiary/aromatic N) is 2. The van der Waals surface area contributed by atoms with E-state index >= 15 is 0 Å². The molecule has 0 bridgehead atoms. The molecule has 1 aliphatic heterocycles. The molecule has 110 valence electrons. The van der Waals surface area contributed by atoms with Crippen molar-refractivity contribution in [3.63, 3.8) is 0 Å². The lowest BCUT2D eigenvalue weighted by Crippen LogP contribution is -2.46. The Morgan fingerprint density at radius 1 is 1.35 bits per heavy atom. The van der Waals surface area contributed by atoms with Gasteiger partial charge in [-0.25, -0.2) is 4.79 Å². The molecular weight excluding hydrogens is 266 g/mol. The number of ether oxygens (including phenoxy) is 2. The third-order valence-electron chi connectivity index (χ3n) is 2.84. The van der Waals surface area contributed by atoms with Crippen molar-refractivity contribution in [2.45, 2.75) is 31.9 Å². The van der Waals surface area contributed by atoms with Crippen LogP contribution in [0.2, 0.25) is 0 Å². The van der Waals surface area contributed by atoms with Crippen LogP contribution < -0.4 is 27.8 Å². The number of nitrogens with two attached hydrogens (primary N) is 1. The average molecular weight is 283 g/mol. The molecule has 1 aromatic heterocycles. The molecule has 1 aromatic rings. The van der Waals surface area contributed by atoms with E-state index in [1.54, 1.807) is 0 Å². The summed E-state index contributed by atoms with van der Waals surface area (Å²) < 4.78 is 10.8. The molecular formula is C11H17N5O4. The number of aromatic nitrogens is 2. The van der Waals surface area contributed by atoms with Crippen molar-refractivity contribution < 1.29 is 9.47 Å². The first-order valence-corrected chi connectivity index (χ1v) is 6.25. The van der Waals surface area contributed by atoms with Gasteiger partial charge in [0.1, 0.15) is 0 Å². The molecule has 0 aliphatic carbocycles. The molecule has 0 spiro atoms. The number of aromatic amines is 2. The fraction of sp³-hybridized carbons (Fsp3) is 0.636. The number of hydrogen-bond donors (Lipinski definition) is 3.